The van der Waals surface area contributed by atoms with E-state index in [4.69, 9.17) is 11.6 Å². The van der Waals surface area contributed by atoms with Crippen LogP contribution >= 0.6 is 11.6 Å². The summed E-state index contributed by atoms with van der Waals surface area (Å²) in [5.41, 5.74) is -3.07. The molecule has 28 heavy (non-hydrogen) atoms. The third kappa shape index (κ3) is 1.98. The number of carbonyl (C=O) groups is 2. The second-order valence-electron chi connectivity index (χ2n) is 8.99. The molecule has 0 bridgehead atoms. The molecule has 2 saturated carbocycles. The summed E-state index contributed by atoms with van der Waals surface area (Å²) in [6, 6.07) is 0. The zero-order chi connectivity index (χ0) is 20.7. The molecule has 0 heterocycles. The standard InChI is InChI=1S/C22H24ClFO4/c1-12-8-16-15-5-4-13-9-14(26)6-7-19(13,2)21(15,23)17(24)10-20(16,3)22(12,28)18(27)11-25/h4-7,9,15-17,25,28H,1,8,10-11H2,2-3H3/t15-,16-,17-,19-,20-,21-,22-/m0/s1. The van der Waals surface area contributed by atoms with Crippen LogP contribution in [0.15, 0.2) is 48.1 Å². The molecule has 7 atom stereocenters. The van der Waals surface area contributed by atoms with E-state index < -0.39 is 45.8 Å². The number of carbonyl (C=O) groups excluding carboxylic acids is 2. The molecule has 6 heteroatoms. The molecule has 0 spiro atoms. The Morgan fingerprint density at radius 3 is 2.71 bits per heavy atom. The Balaban J connectivity index is 1.90. The highest BCUT2D eigenvalue weighted by Crippen LogP contribution is 2.70. The third-order valence-electron chi connectivity index (χ3n) is 7.91. The number of aliphatic hydroxyl groups is 2. The molecule has 150 valence electrons. The van der Waals surface area contributed by atoms with Gasteiger partial charge >= 0.3 is 0 Å². The second kappa shape index (κ2) is 5.74. The van der Waals surface area contributed by atoms with Crippen LogP contribution < -0.4 is 0 Å². The van der Waals surface area contributed by atoms with Gasteiger partial charge < -0.3 is 10.2 Å². The van der Waals surface area contributed by atoms with E-state index in [1.165, 1.54) is 12.2 Å². The first kappa shape index (κ1) is 19.7. The summed E-state index contributed by atoms with van der Waals surface area (Å²) in [6.07, 6.45) is 6.81. The normalized spacial score (nSPS) is 49.4. The lowest BCUT2D eigenvalue weighted by molar-refractivity contribution is -0.159. The fourth-order valence-electron chi connectivity index (χ4n) is 6.20. The Morgan fingerprint density at radius 1 is 1.39 bits per heavy atom. The second-order valence-corrected chi connectivity index (χ2v) is 9.61. The Labute approximate surface area is 168 Å². The van der Waals surface area contributed by atoms with Gasteiger partial charge in [-0.1, -0.05) is 38.7 Å². The molecule has 0 aromatic rings. The van der Waals surface area contributed by atoms with Crippen molar-refractivity contribution in [3.8, 4) is 0 Å². The lowest BCUT2D eigenvalue weighted by Gasteiger charge is -2.61. The Kier molecular flexibility index (Phi) is 4.05. The van der Waals surface area contributed by atoms with Crippen LogP contribution in [0.25, 0.3) is 0 Å². The zero-order valence-electron chi connectivity index (χ0n) is 15.9. The first-order chi connectivity index (χ1) is 13.0. The monoisotopic (exact) mass is 406 g/mol. The minimum Gasteiger partial charge on any atom is -0.388 e. The molecule has 0 unspecified atom stereocenters. The van der Waals surface area contributed by atoms with Crippen molar-refractivity contribution in [1.82, 2.24) is 0 Å². The van der Waals surface area contributed by atoms with Crippen LogP contribution in [0.5, 0.6) is 0 Å². The molecule has 0 aromatic carbocycles. The van der Waals surface area contributed by atoms with Gasteiger partial charge in [-0.3, -0.25) is 9.59 Å². The van der Waals surface area contributed by atoms with E-state index in [0.717, 1.165) is 0 Å². The molecular formula is C22H24ClFO4. The minimum absolute atomic E-state index is 0.141. The fraction of sp³-hybridized carbons (Fsp3) is 0.545. The predicted molar refractivity (Wildman–Crippen MR) is 103 cm³/mol. The van der Waals surface area contributed by atoms with E-state index >= 15 is 4.39 Å². The van der Waals surface area contributed by atoms with E-state index in [0.29, 0.717) is 17.6 Å². The van der Waals surface area contributed by atoms with Crippen molar-refractivity contribution in [3.05, 3.63) is 48.1 Å². The lowest BCUT2D eigenvalue weighted by atomic mass is 9.47. The van der Waals surface area contributed by atoms with Crippen LogP contribution in [0, 0.1) is 22.7 Å². The summed E-state index contributed by atoms with van der Waals surface area (Å²) in [6.45, 7) is 6.58. The van der Waals surface area contributed by atoms with Gasteiger partial charge in [0.05, 0.1) is 4.87 Å². The van der Waals surface area contributed by atoms with Crippen LogP contribution in [0.1, 0.15) is 26.7 Å². The average molecular weight is 407 g/mol. The summed E-state index contributed by atoms with van der Waals surface area (Å²) in [5.74, 6) is -1.73. The smallest absolute Gasteiger partial charge is 0.194 e. The number of alkyl halides is 2. The van der Waals surface area contributed by atoms with Crippen molar-refractivity contribution in [2.45, 2.75) is 43.3 Å². The quantitative estimate of drug-likeness (QED) is 0.546. The highest BCUT2D eigenvalue weighted by atomic mass is 35.5. The molecule has 0 radical (unpaired) electrons. The van der Waals surface area contributed by atoms with Crippen molar-refractivity contribution in [1.29, 1.82) is 0 Å². The third-order valence-corrected chi connectivity index (χ3v) is 8.79. The number of aliphatic hydroxyl groups excluding tert-OH is 1. The number of halogens is 2. The Morgan fingerprint density at radius 2 is 2.07 bits per heavy atom. The number of rotatable bonds is 2. The predicted octanol–water partition coefficient (Wildman–Crippen LogP) is 2.84. The molecule has 2 N–H and O–H groups in total. The first-order valence-corrected chi connectivity index (χ1v) is 9.86. The van der Waals surface area contributed by atoms with Crippen molar-refractivity contribution >= 4 is 23.2 Å². The molecule has 0 amide bonds. The van der Waals surface area contributed by atoms with Gasteiger partial charge in [-0.2, -0.15) is 0 Å². The van der Waals surface area contributed by atoms with Crippen molar-refractivity contribution < 1.29 is 24.2 Å². The number of ketones is 2. The van der Waals surface area contributed by atoms with Gasteiger partial charge in [-0.15, -0.1) is 11.6 Å². The number of hydrogen-bond donors (Lipinski definition) is 2. The van der Waals surface area contributed by atoms with E-state index in [9.17, 15) is 19.8 Å². The SMILES string of the molecule is C=C1C[C@H]2[C@@H]3C=CC4=CC(=O)C=C[C@]4(C)[C@@]3(Cl)[C@@H](F)C[C@]2(C)[C@@]1(O)C(=O)CO. The van der Waals surface area contributed by atoms with Gasteiger partial charge in [-0.25, -0.2) is 4.39 Å². The van der Waals surface area contributed by atoms with Crippen LogP contribution in [-0.2, 0) is 9.59 Å². The highest BCUT2D eigenvalue weighted by Gasteiger charge is 2.73. The summed E-state index contributed by atoms with van der Waals surface area (Å²) >= 11 is 7.10. The minimum atomic E-state index is -1.99. The van der Waals surface area contributed by atoms with Gasteiger partial charge in [0.1, 0.15) is 12.8 Å². The van der Waals surface area contributed by atoms with Crippen LogP contribution in [0.4, 0.5) is 4.39 Å². The fourth-order valence-corrected chi connectivity index (χ4v) is 6.68. The summed E-state index contributed by atoms with van der Waals surface area (Å²) in [5, 5.41) is 20.7. The molecule has 0 aromatic heterocycles. The maximum absolute atomic E-state index is 15.9. The first-order valence-electron chi connectivity index (χ1n) is 9.48. The maximum atomic E-state index is 15.9. The van der Waals surface area contributed by atoms with Crippen LogP contribution in [0.3, 0.4) is 0 Å². The van der Waals surface area contributed by atoms with E-state index in [-0.39, 0.29) is 18.1 Å². The zero-order valence-corrected chi connectivity index (χ0v) is 16.7. The number of fused-ring (bicyclic) bond motifs is 5. The van der Waals surface area contributed by atoms with Gasteiger partial charge in [0.25, 0.3) is 0 Å². The van der Waals surface area contributed by atoms with Crippen LogP contribution in [0.2, 0.25) is 0 Å². The molecule has 0 aliphatic heterocycles. The van der Waals surface area contributed by atoms with Gasteiger partial charge in [0.2, 0.25) is 0 Å². The molecule has 2 fully saturated rings. The molecule has 4 aliphatic rings. The highest BCUT2D eigenvalue weighted by molar-refractivity contribution is 6.26. The van der Waals surface area contributed by atoms with Gasteiger partial charge in [-0.05, 0) is 42.1 Å². The Bertz CT molecular complexity index is 891. The van der Waals surface area contributed by atoms with Crippen LogP contribution in [-0.4, -0.2) is 45.0 Å². The lowest BCUT2D eigenvalue weighted by Crippen LogP contribution is -2.67. The van der Waals surface area contributed by atoms with Crippen molar-refractivity contribution in [3.63, 3.8) is 0 Å². The molecule has 4 aliphatic carbocycles. The van der Waals surface area contributed by atoms with Crippen molar-refractivity contribution in [2.24, 2.45) is 22.7 Å². The number of allylic oxidation sites excluding steroid dienone is 6. The maximum Gasteiger partial charge on any atom is 0.194 e. The average Bonchev–Trinajstić information content (AvgIpc) is 2.84. The van der Waals surface area contributed by atoms with Crippen molar-refractivity contribution in [2.75, 3.05) is 6.61 Å². The summed E-state index contributed by atoms with van der Waals surface area (Å²) < 4.78 is 15.9. The molecule has 4 nitrogen and oxygen atoms in total. The molecular weight excluding hydrogens is 383 g/mol. The number of hydrogen-bond acceptors (Lipinski definition) is 4. The molecule has 0 saturated heterocycles. The topological polar surface area (TPSA) is 74.6 Å². The Hall–Kier alpha value is -1.56. The number of Topliss-reactive ketones (excluding diaryl/α,β-unsaturated/α-hetero) is 1. The summed E-state index contributed by atoms with van der Waals surface area (Å²) in [7, 11) is 0. The van der Waals surface area contributed by atoms with E-state index in [2.05, 4.69) is 6.58 Å². The largest absolute Gasteiger partial charge is 0.388 e. The van der Waals surface area contributed by atoms with Gasteiger partial charge in [0, 0.05) is 16.7 Å². The molecule has 4 rings (SSSR count). The van der Waals surface area contributed by atoms with E-state index in [1.807, 2.05) is 13.0 Å². The summed E-state index contributed by atoms with van der Waals surface area (Å²) in [4.78, 5) is 23.0. The van der Waals surface area contributed by atoms with Gasteiger partial charge in [0.15, 0.2) is 17.2 Å². The van der Waals surface area contributed by atoms with E-state index in [1.54, 1.807) is 19.1 Å².